The average molecular weight is 328 g/mol. The molecule has 0 radical (unpaired) electrons. The normalized spacial score (nSPS) is 11.5. The van der Waals surface area contributed by atoms with Crippen LogP contribution < -0.4 is 15.2 Å². The van der Waals surface area contributed by atoms with Crippen molar-refractivity contribution in [1.29, 1.82) is 0 Å². The lowest BCUT2D eigenvalue weighted by atomic mass is 10.2. The molecule has 2 aromatic rings. The summed E-state index contributed by atoms with van der Waals surface area (Å²) in [5, 5.41) is 8.05. The molecule has 0 saturated carbocycles. The van der Waals surface area contributed by atoms with Crippen LogP contribution in [0.2, 0.25) is 0 Å². The molecule has 118 valence electrons. The molecule has 0 unspecified atom stereocenters. The topological polar surface area (TPSA) is 81.4 Å². The molecule has 0 saturated heterocycles. The number of rotatable bonds is 6. The van der Waals surface area contributed by atoms with Crippen molar-refractivity contribution < 1.29 is 21.9 Å². The zero-order valence-electron chi connectivity index (χ0n) is 11.4. The van der Waals surface area contributed by atoms with E-state index in [0.29, 0.717) is 17.8 Å². The smallest absolute Gasteiger partial charge is 0.387 e. The van der Waals surface area contributed by atoms with Gasteiger partial charge in [0, 0.05) is 12.2 Å². The van der Waals surface area contributed by atoms with E-state index >= 15 is 0 Å². The fourth-order valence-electron chi connectivity index (χ4n) is 1.82. The van der Waals surface area contributed by atoms with E-state index in [-0.39, 0.29) is 10.6 Å². The summed E-state index contributed by atoms with van der Waals surface area (Å²) in [5.41, 5.74) is 1.26. The highest BCUT2D eigenvalue weighted by molar-refractivity contribution is 7.89. The number of halogens is 2. The Kier molecular flexibility index (Phi) is 4.94. The molecule has 0 aromatic heterocycles. The zero-order chi connectivity index (χ0) is 16.2. The Morgan fingerprint density at radius 2 is 1.86 bits per heavy atom. The molecule has 0 aliphatic heterocycles. The number of nitrogens with two attached hydrogens (primary N) is 1. The minimum atomic E-state index is -3.77. The van der Waals surface area contributed by atoms with Gasteiger partial charge in [-0.3, -0.25) is 0 Å². The number of primary sulfonamides is 1. The summed E-state index contributed by atoms with van der Waals surface area (Å²) in [6.45, 7) is -2.57. The second-order valence-corrected chi connectivity index (χ2v) is 6.01. The van der Waals surface area contributed by atoms with Gasteiger partial charge < -0.3 is 10.1 Å². The van der Waals surface area contributed by atoms with Gasteiger partial charge in [0.1, 0.15) is 5.75 Å². The summed E-state index contributed by atoms with van der Waals surface area (Å²) in [4.78, 5) is -0.00714. The number of hydrogen-bond donors (Lipinski definition) is 2. The highest BCUT2D eigenvalue weighted by atomic mass is 32.2. The predicted octanol–water partition coefficient (Wildman–Crippen LogP) is 2.55. The molecule has 0 aliphatic carbocycles. The van der Waals surface area contributed by atoms with Crippen molar-refractivity contribution in [2.24, 2.45) is 5.14 Å². The molecule has 2 rings (SSSR count). The lowest BCUT2D eigenvalue weighted by Gasteiger charge is -2.10. The van der Waals surface area contributed by atoms with Crippen LogP contribution in [0.3, 0.4) is 0 Å². The first kappa shape index (κ1) is 16.2. The first-order valence-corrected chi connectivity index (χ1v) is 7.80. The van der Waals surface area contributed by atoms with Crippen molar-refractivity contribution in [2.75, 3.05) is 5.32 Å². The first-order valence-electron chi connectivity index (χ1n) is 6.25. The Labute approximate surface area is 126 Å². The Hall–Kier alpha value is -2.19. The SMILES string of the molecule is NS(=O)(=O)c1cccc(NCc2cccc(OC(F)F)c2)c1. The van der Waals surface area contributed by atoms with Crippen molar-refractivity contribution in [1.82, 2.24) is 0 Å². The van der Waals surface area contributed by atoms with Gasteiger partial charge >= 0.3 is 6.61 Å². The van der Waals surface area contributed by atoms with Crippen molar-refractivity contribution in [3.05, 3.63) is 54.1 Å². The van der Waals surface area contributed by atoms with Gasteiger partial charge in [-0.2, -0.15) is 8.78 Å². The van der Waals surface area contributed by atoms with Crippen LogP contribution in [0, 0.1) is 0 Å². The van der Waals surface area contributed by atoms with Crippen LogP contribution >= 0.6 is 0 Å². The average Bonchev–Trinajstić information content (AvgIpc) is 2.44. The van der Waals surface area contributed by atoms with E-state index in [1.54, 1.807) is 24.3 Å². The number of alkyl halides is 2. The van der Waals surface area contributed by atoms with Gasteiger partial charge in [0.15, 0.2) is 0 Å². The quantitative estimate of drug-likeness (QED) is 0.854. The summed E-state index contributed by atoms with van der Waals surface area (Å²) in [5.74, 6) is 0.0626. The van der Waals surface area contributed by atoms with E-state index in [1.807, 2.05) is 0 Å². The summed E-state index contributed by atoms with van der Waals surface area (Å²) < 4.78 is 51.2. The molecule has 3 N–H and O–H groups in total. The van der Waals surface area contributed by atoms with Gasteiger partial charge in [0.2, 0.25) is 10.0 Å². The van der Waals surface area contributed by atoms with Gasteiger partial charge in [-0.05, 0) is 35.9 Å². The number of nitrogens with one attached hydrogen (secondary N) is 1. The summed E-state index contributed by atoms with van der Waals surface area (Å²) in [6, 6.07) is 12.2. The van der Waals surface area contributed by atoms with Crippen molar-refractivity contribution in [3.8, 4) is 5.75 Å². The maximum absolute atomic E-state index is 12.2. The van der Waals surface area contributed by atoms with Crippen LogP contribution in [0.15, 0.2) is 53.4 Å². The summed E-state index contributed by atoms with van der Waals surface area (Å²) >= 11 is 0. The van der Waals surface area contributed by atoms with E-state index in [1.165, 1.54) is 24.3 Å². The molecule has 2 aromatic carbocycles. The third-order valence-corrected chi connectivity index (χ3v) is 3.69. The minimum Gasteiger partial charge on any atom is -0.435 e. The molecule has 0 atom stereocenters. The van der Waals surface area contributed by atoms with Gasteiger partial charge in [0.25, 0.3) is 0 Å². The molecule has 8 heteroatoms. The van der Waals surface area contributed by atoms with E-state index in [4.69, 9.17) is 5.14 Å². The lowest BCUT2D eigenvalue weighted by molar-refractivity contribution is -0.0498. The van der Waals surface area contributed by atoms with Crippen molar-refractivity contribution in [3.63, 3.8) is 0 Å². The Morgan fingerprint density at radius 3 is 2.55 bits per heavy atom. The second kappa shape index (κ2) is 6.71. The van der Waals surface area contributed by atoms with E-state index in [2.05, 4.69) is 10.1 Å². The third-order valence-electron chi connectivity index (χ3n) is 2.78. The van der Waals surface area contributed by atoms with E-state index in [9.17, 15) is 17.2 Å². The monoisotopic (exact) mass is 328 g/mol. The Bertz CT molecular complexity index is 751. The largest absolute Gasteiger partial charge is 0.435 e. The number of ether oxygens (including phenoxy) is 1. The van der Waals surface area contributed by atoms with Gasteiger partial charge in [-0.1, -0.05) is 18.2 Å². The molecule has 22 heavy (non-hydrogen) atoms. The highest BCUT2D eigenvalue weighted by Gasteiger charge is 2.08. The molecule has 0 bridgehead atoms. The fraction of sp³-hybridized carbons (Fsp3) is 0.143. The van der Waals surface area contributed by atoms with Crippen molar-refractivity contribution >= 4 is 15.7 Å². The Morgan fingerprint density at radius 1 is 1.14 bits per heavy atom. The molecule has 0 spiro atoms. The lowest BCUT2D eigenvalue weighted by Crippen LogP contribution is -2.12. The van der Waals surface area contributed by atoms with Crippen LogP contribution in [0.1, 0.15) is 5.56 Å². The maximum Gasteiger partial charge on any atom is 0.387 e. The van der Waals surface area contributed by atoms with Crippen LogP contribution in [-0.2, 0) is 16.6 Å². The second-order valence-electron chi connectivity index (χ2n) is 4.45. The molecule has 0 heterocycles. The van der Waals surface area contributed by atoms with Gasteiger partial charge in [-0.25, -0.2) is 13.6 Å². The summed E-state index contributed by atoms with van der Waals surface area (Å²) in [6.07, 6.45) is 0. The molecule has 5 nitrogen and oxygen atoms in total. The van der Waals surface area contributed by atoms with Gasteiger partial charge in [-0.15, -0.1) is 0 Å². The zero-order valence-corrected chi connectivity index (χ0v) is 12.2. The minimum absolute atomic E-state index is 0.00714. The standard InChI is InChI=1S/C14H14F2N2O3S/c15-14(16)21-12-5-1-3-10(7-12)9-18-11-4-2-6-13(8-11)22(17,19)20/h1-8,14,18H,9H2,(H2,17,19,20). The Balaban J connectivity index is 2.07. The summed E-state index contributed by atoms with van der Waals surface area (Å²) in [7, 11) is -3.77. The van der Waals surface area contributed by atoms with Crippen LogP contribution in [0.25, 0.3) is 0 Å². The van der Waals surface area contributed by atoms with Crippen LogP contribution in [0.4, 0.5) is 14.5 Å². The predicted molar refractivity (Wildman–Crippen MR) is 78.2 cm³/mol. The highest BCUT2D eigenvalue weighted by Crippen LogP contribution is 2.18. The van der Waals surface area contributed by atoms with E-state index in [0.717, 1.165) is 0 Å². The third kappa shape index (κ3) is 4.68. The van der Waals surface area contributed by atoms with Crippen molar-refractivity contribution in [2.45, 2.75) is 18.1 Å². The van der Waals surface area contributed by atoms with Crippen LogP contribution in [0.5, 0.6) is 5.75 Å². The fourth-order valence-corrected chi connectivity index (χ4v) is 2.38. The van der Waals surface area contributed by atoms with Crippen LogP contribution in [-0.4, -0.2) is 15.0 Å². The number of anilines is 1. The number of benzene rings is 2. The maximum atomic E-state index is 12.2. The molecule has 0 fully saturated rings. The first-order chi connectivity index (χ1) is 10.3. The molecular formula is C14H14F2N2O3S. The molecular weight excluding hydrogens is 314 g/mol. The number of sulfonamides is 1. The number of hydrogen-bond acceptors (Lipinski definition) is 4. The van der Waals surface area contributed by atoms with Gasteiger partial charge in [0.05, 0.1) is 4.90 Å². The molecule has 0 aliphatic rings. The van der Waals surface area contributed by atoms with E-state index < -0.39 is 16.6 Å². The molecule has 0 amide bonds.